The van der Waals surface area contributed by atoms with Gasteiger partial charge in [-0.1, -0.05) is 29.8 Å². The number of amides is 2. The Labute approximate surface area is 191 Å². The lowest BCUT2D eigenvalue weighted by Crippen LogP contribution is -2.33. The predicted octanol–water partition coefficient (Wildman–Crippen LogP) is 3.44. The van der Waals surface area contributed by atoms with E-state index in [0.717, 1.165) is 6.42 Å². The Hall–Kier alpha value is -3.74. The van der Waals surface area contributed by atoms with E-state index in [9.17, 15) is 19.2 Å². The molecule has 1 saturated heterocycles. The quantitative estimate of drug-likeness (QED) is 0.293. The Kier molecular flexibility index (Phi) is 5.12. The largest absolute Gasteiger partial charge is 0.497 e. The highest BCUT2D eigenvalue weighted by Crippen LogP contribution is 2.55. The molecule has 0 unspecified atom stereocenters. The van der Waals surface area contributed by atoms with Crippen LogP contribution in [0, 0.1) is 23.7 Å². The first-order valence-electron chi connectivity index (χ1n) is 10.9. The number of anilines is 1. The topological polar surface area (TPSA) is 90.0 Å². The molecule has 1 heterocycles. The van der Waals surface area contributed by atoms with Crippen molar-refractivity contribution in [3.63, 3.8) is 0 Å². The molecule has 2 aromatic carbocycles. The van der Waals surface area contributed by atoms with Gasteiger partial charge in [0.15, 0.2) is 12.4 Å². The fourth-order valence-electron chi connectivity index (χ4n) is 5.40. The van der Waals surface area contributed by atoms with E-state index >= 15 is 0 Å². The van der Waals surface area contributed by atoms with Gasteiger partial charge in [-0.05, 0) is 55.5 Å². The third-order valence-corrected chi connectivity index (χ3v) is 6.95. The fourth-order valence-corrected chi connectivity index (χ4v) is 5.40. The number of hydrogen-bond acceptors (Lipinski definition) is 6. The summed E-state index contributed by atoms with van der Waals surface area (Å²) in [5.41, 5.74) is 2.07. The van der Waals surface area contributed by atoms with Crippen LogP contribution in [-0.2, 0) is 14.3 Å². The molecule has 5 rings (SSSR count). The number of nitrogens with zero attached hydrogens (tertiary/aromatic N) is 1. The molecule has 1 saturated carbocycles. The average molecular weight is 445 g/mol. The van der Waals surface area contributed by atoms with Crippen LogP contribution in [-0.4, -0.2) is 37.3 Å². The number of allylic oxidation sites excluding steroid dienone is 2. The summed E-state index contributed by atoms with van der Waals surface area (Å²) in [5.74, 6) is -1.35. The Balaban J connectivity index is 1.30. The zero-order valence-electron chi connectivity index (χ0n) is 18.3. The van der Waals surface area contributed by atoms with Gasteiger partial charge in [0.05, 0.1) is 30.2 Å². The van der Waals surface area contributed by atoms with E-state index in [4.69, 9.17) is 9.47 Å². The van der Waals surface area contributed by atoms with Gasteiger partial charge >= 0.3 is 5.97 Å². The summed E-state index contributed by atoms with van der Waals surface area (Å²) in [7, 11) is 1.50. The number of esters is 1. The Morgan fingerprint density at radius 1 is 1.00 bits per heavy atom. The molecule has 33 heavy (non-hydrogen) atoms. The molecule has 168 valence electrons. The van der Waals surface area contributed by atoms with Gasteiger partial charge in [0.2, 0.25) is 11.8 Å². The van der Waals surface area contributed by atoms with Crippen molar-refractivity contribution in [2.45, 2.75) is 13.3 Å². The number of rotatable bonds is 6. The van der Waals surface area contributed by atoms with E-state index in [2.05, 4.69) is 6.08 Å². The van der Waals surface area contributed by atoms with E-state index < -0.39 is 12.6 Å². The van der Waals surface area contributed by atoms with E-state index in [1.165, 1.54) is 29.7 Å². The zero-order chi connectivity index (χ0) is 23.3. The standard InChI is InChI=1S/C26H23NO6/c1-14-9-17-12-20(14)23-22(17)24(29)27(25(23)30)18-7-3-6-16(10-18)26(31)33-13-21(28)15-5-4-8-19(11-15)32-2/h3-11,17,20,22-23H,12-13H2,1-2H3/t17-,20+,22+,23+/m0/s1. The molecular weight excluding hydrogens is 422 g/mol. The first kappa shape index (κ1) is 21.1. The van der Waals surface area contributed by atoms with Gasteiger partial charge in [-0.3, -0.25) is 14.4 Å². The molecule has 0 spiro atoms. The van der Waals surface area contributed by atoms with Crippen LogP contribution in [0.4, 0.5) is 5.69 Å². The van der Waals surface area contributed by atoms with Crippen LogP contribution < -0.4 is 9.64 Å². The monoisotopic (exact) mass is 445 g/mol. The van der Waals surface area contributed by atoms with Crippen molar-refractivity contribution >= 4 is 29.3 Å². The molecule has 7 heteroatoms. The number of fused-ring (bicyclic) bond motifs is 5. The van der Waals surface area contributed by atoms with Crippen molar-refractivity contribution in [3.8, 4) is 5.75 Å². The molecule has 2 bridgehead atoms. The summed E-state index contributed by atoms with van der Waals surface area (Å²) in [6, 6.07) is 12.8. The van der Waals surface area contributed by atoms with Crippen molar-refractivity contribution in [1.29, 1.82) is 0 Å². The molecule has 2 fully saturated rings. The molecule has 0 aromatic heterocycles. The van der Waals surface area contributed by atoms with Crippen molar-refractivity contribution in [2.75, 3.05) is 18.6 Å². The van der Waals surface area contributed by atoms with E-state index in [1.54, 1.807) is 36.4 Å². The van der Waals surface area contributed by atoms with E-state index in [-0.39, 0.29) is 46.8 Å². The molecule has 2 aromatic rings. The second-order valence-electron chi connectivity index (χ2n) is 8.76. The number of carbonyl (C=O) groups excluding carboxylic acids is 4. The number of benzene rings is 2. The Bertz CT molecular complexity index is 1210. The van der Waals surface area contributed by atoms with Crippen molar-refractivity contribution in [2.24, 2.45) is 23.7 Å². The lowest BCUT2D eigenvalue weighted by atomic mass is 9.82. The van der Waals surface area contributed by atoms with Crippen molar-refractivity contribution in [3.05, 3.63) is 71.3 Å². The van der Waals surface area contributed by atoms with Crippen LogP contribution in [0.25, 0.3) is 0 Å². The second-order valence-corrected chi connectivity index (χ2v) is 8.76. The molecular formula is C26H23NO6. The molecule has 4 atom stereocenters. The first-order valence-corrected chi connectivity index (χ1v) is 10.9. The lowest BCUT2D eigenvalue weighted by Gasteiger charge is -2.19. The molecule has 2 aliphatic carbocycles. The third-order valence-electron chi connectivity index (χ3n) is 6.95. The van der Waals surface area contributed by atoms with Crippen LogP contribution in [0.15, 0.2) is 60.2 Å². The maximum Gasteiger partial charge on any atom is 0.338 e. The summed E-state index contributed by atoms with van der Waals surface area (Å²) in [6.45, 7) is 1.58. The van der Waals surface area contributed by atoms with Gasteiger partial charge in [0.25, 0.3) is 0 Å². The molecule has 2 amide bonds. The van der Waals surface area contributed by atoms with Crippen LogP contribution in [0.3, 0.4) is 0 Å². The van der Waals surface area contributed by atoms with E-state index in [1.807, 2.05) is 6.92 Å². The highest BCUT2D eigenvalue weighted by Gasteiger charge is 2.60. The number of imide groups is 1. The number of carbonyl (C=O) groups is 4. The van der Waals surface area contributed by atoms with Crippen molar-refractivity contribution < 1.29 is 28.7 Å². The summed E-state index contributed by atoms with van der Waals surface area (Å²) in [6.07, 6.45) is 2.98. The minimum Gasteiger partial charge on any atom is -0.497 e. The van der Waals surface area contributed by atoms with Crippen LogP contribution in [0.1, 0.15) is 34.1 Å². The number of hydrogen-bond donors (Lipinski definition) is 0. The average Bonchev–Trinajstić information content (AvgIpc) is 3.47. The lowest BCUT2D eigenvalue weighted by molar-refractivity contribution is -0.123. The molecule has 7 nitrogen and oxygen atoms in total. The normalized spacial score (nSPS) is 25.2. The van der Waals surface area contributed by atoms with E-state index in [0.29, 0.717) is 17.0 Å². The Morgan fingerprint density at radius 3 is 2.52 bits per heavy atom. The van der Waals surface area contributed by atoms with Crippen LogP contribution >= 0.6 is 0 Å². The number of methoxy groups -OCH3 is 1. The van der Waals surface area contributed by atoms with Gasteiger partial charge in [-0.2, -0.15) is 0 Å². The summed E-state index contributed by atoms with van der Waals surface area (Å²) in [4.78, 5) is 52.4. The fraction of sp³-hybridized carbons (Fsp3) is 0.308. The van der Waals surface area contributed by atoms with Gasteiger partial charge in [-0.15, -0.1) is 0 Å². The van der Waals surface area contributed by atoms with Gasteiger partial charge in [-0.25, -0.2) is 9.69 Å². The number of Topliss-reactive ketones (excluding diaryl/α,β-unsaturated/α-hetero) is 1. The van der Waals surface area contributed by atoms with Gasteiger partial charge < -0.3 is 9.47 Å². The summed E-state index contributed by atoms with van der Waals surface area (Å²) in [5, 5.41) is 0. The van der Waals surface area contributed by atoms with Gasteiger partial charge in [0, 0.05) is 5.56 Å². The maximum atomic E-state index is 13.1. The Morgan fingerprint density at radius 2 is 1.73 bits per heavy atom. The SMILES string of the molecule is COc1cccc(C(=O)COC(=O)c2cccc(N3C(=O)[C@H]4[C@H](C3=O)[C@H]3C=C(C)[C@H]4C3)c2)c1. The zero-order valence-corrected chi connectivity index (χ0v) is 18.3. The predicted molar refractivity (Wildman–Crippen MR) is 119 cm³/mol. The second kappa shape index (κ2) is 7.99. The summed E-state index contributed by atoms with van der Waals surface area (Å²) < 4.78 is 10.3. The smallest absolute Gasteiger partial charge is 0.338 e. The highest BCUT2D eigenvalue weighted by atomic mass is 16.5. The minimum absolute atomic E-state index is 0.109. The highest BCUT2D eigenvalue weighted by molar-refractivity contribution is 6.23. The third kappa shape index (κ3) is 3.44. The molecule has 1 aliphatic heterocycles. The molecule has 0 radical (unpaired) electrons. The van der Waals surface area contributed by atoms with Crippen LogP contribution in [0.5, 0.6) is 5.75 Å². The maximum absolute atomic E-state index is 13.1. The van der Waals surface area contributed by atoms with Gasteiger partial charge in [0.1, 0.15) is 5.75 Å². The minimum atomic E-state index is -0.704. The first-order chi connectivity index (χ1) is 15.9. The van der Waals surface area contributed by atoms with Crippen molar-refractivity contribution in [1.82, 2.24) is 0 Å². The van der Waals surface area contributed by atoms with Crippen LogP contribution in [0.2, 0.25) is 0 Å². The molecule has 0 N–H and O–H groups in total. The summed E-state index contributed by atoms with van der Waals surface area (Å²) >= 11 is 0. The number of ether oxygens (including phenoxy) is 2. The molecule has 3 aliphatic rings. The number of ketones is 1.